The minimum Gasteiger partial charge on any atom is -0.455 e. The van der Waals surface area contributed by atoms with E-state index in [-0.39, 0.29) is 21.2 Å². The second-order valence-electron chi connectivity index (χ2n) is 10.2. The summed E-state index contributed by atoms with van der Waals surface area (Å²) in [6, 6.07) is 0. The number of nitrogens with one attached hydrogen (secondary N) is 1. The van der Waals surface area contributed by atoms with Crippen LogP contribution in [-0.2, 0) is 23.1 Å². The number of nitrogens with zero attached hydrogens (tertiary/aromatic N) is 3. The first-order valence-electron chi connectivity index (χ1n) is 10.4. The molecule has 0 spiro atoms. The smallest absolute Gasteiger partial charge is 0.349 e. The molecule has 170 valence electrons. The molecule has 10 nitrogen and oxygen atoms in total. The molecule has 0 saturated carbocycles. The molecule has 4 atom stereocenters. The van der Waals surface area contributed by atoms with Crippen molar-refractivity contribution in [3.05, 3.63) is 23.0 Å². The Kier molecular flexibility index (Phi) is 5.15. The largest absolute Gasteiger partial charge is 0.455 e. The Morgan fingerprint density at radius 3 is 2.52 bits per heavy atom. The van der Waals surface area contributed by atoms with Crippen LogP contribution in [0.15, 0.2) is 17.4 Å². The van der Waals surface area contributed by atoms with Gasteiger partial charge in [-0.1, -0.05) is 41.5 Å². The molecule has 4 heterocycles. The third-order valence-electron chi connectivity index (χ3n) is 5.95. The minimum absolute atomic E-state index is 0.188. The number of carbonyl (C=O) groups is 1. The monoisotopic (exact) mass is 450 g/mol. The molecule has 0 radical (unpaired) electrons. The summed E-state index contributed by atoms with van der Waals surface area (Å²) in [6.07, 6.45) is 0.367. The van der Waals surface area contributed by atoms with Crippen LogP contribution in [-0.4, -0.2) is 59.0 Å². The number of aromatic nitrogens is 4. The number of aromatic amines is 1. The van der Waals surface area contributed by atoms with Gasteiger partial charge in [0, 0.05) is 17.0 Å². The number of esters is 1. The lowest BCUT2D eigenvalue weighted by Crippen LogP contribution is -2.65. The number of H-pyrrole nitrogens is 1. The van der Waals surface area contributed by atoms with Gasteiger partial charge in [-0.3, -0.25) is 14.2 Å². The highest BCUT2D eigenvalue weighted by atomic mass is 28.4. The van der Waals surface area contributed by atoms with E-state index >= 15 is 0 Å². The van der Waals surface area contributed by atoms with E-state index in [1.54, 1.807) is 4.57 Å². The number of ether oxygens (including phenoxy) is 2. The van der Waals surface area contributed by atoms with Crippen LogP contribution in [0.2, 0.25) is 10.1 Å². The molecule has 1 unspecified atom stereocenters. The molecular formula is C20H30N4O6Si. The summed E-state index contributed by atoms with van der Waals surface area (Å²) in [7, 11) is -2.81. The maximum Gasteiger partial charge on any atom is 0.349 e. The first kappa shape index (κ1) is 22.1. The molecule has 0 aliphatic carbocycles. The van der Waals surface area contributed by atoms with Crippen molar-refractivity contribution in [2.45, 2.75) is 83.1 Å². The van der Waals surface area contributed by atoms with Gasteiger partial charge < -0.3 is 23.3 Å². The molecule has 2 aromatic heterocycles. The molecule has 4 rings (SSSR count). The molecule has 2 aliphatic heterocycles. The Bertz CT molecular complexity index is 1040. The minimum atomic E-state index is -2.81. The summed E-state index contributed by atoms with van der Waals surface area (Å²) in [5.41, 5.74) is 0.183. The molecular weight excluding hydrogens is 420 g/mol. The summed E-state index contributed by atoms with van der Waals surface area (Å²) < 4.78 is 26.9. The van der Waals surface area contributed by atoms with Gasteiger partial charge in [-0.2, -0.15) is 0 Å². The molecule has 2 aromatic rings. The predicted octanol–water partition coefficient (Wildman–Crippen LogP) is 2.41. The number of hydrogen-bond acceptors (Lipinski definition) is 8. The Morgan fingerprint density at radius 1 is 1.23 bits per heavy atom. The van der Waals surface area contributed by atoms with Crippen molar-refractivity contribution in [3.8, 4) is 0 Å². The Balaban J connectivity index is 1.77. The predicted molar refractivity (Wildman–Crippen MR) is 114 cm³/mol. The van der Waals surface area contributed by atoms with E-state index in [4.69, 9.17) is 18.3 Å². The molecule has 11 heteroatoms. The van der Waals surface area contributed by atoms with Crippen LogP contribution in [0, 0.1) is 0 Å². The van der Waals surface area contributed by atoms with Gasteiger partial charge in [-0.15, -0.1) is 0 Å². The zero-order valence-electron chi connectivity index (χ0n) is 19.0. The first-order valence-corrected chi connectivity index (χ1v) is 12.2. The van der Waals surface area contributed by atoms with Gasteiger partial charge in [0.15, 0.2) is 23.5 Å². The van der Waals surface area contributed by atoms with Crippen LogP contribution in [0.5, 0.6) is 0 Å². The summed E-state index contributed by atoms with van der Waals surface area (Å²) in [5.74, 6) is -0.441. The molecule has 0 bridgehead atoms. The summed E-state index contributed by atoms with van der Waals surface area (Å²) >= 11 is 0. The number of hydrogen-bond donors (Lipinski definition) is 1. The average Bonchev–Trinajstić information content (AvgIpc) is 3.21. The van der Waals surface area contributed by atoms with Gasteiger partial charge in [0.2, 0.25) is 0 Å². The average molecular weight is 451 g/mol. The van der Waals surface area contributed by atoms with Gasteiger partial charge >= 0.3 is 14.5 Å². The highest BCUT2D eigenvalue weighted by Crippen LogP contribution is 2.56. The van der Waals surface area contributed by atoms with Crippen LogP contribution < -0.4 is 5.56 Å². The zero-order chi connectivity index (χ0) is 22.8. The van der Waals surface area contributed by atoms with Crippen molar-refractivity contribution in [1.29, 1.82) is 0 Å². The normalized spacial score (nSPS) is 28.5. The summed E-state index contributed by atoms with van der Waals surface area (Å²) in [5, 5.41) is -0.461. The van der Waals surface area contributed by atoms with Gasteiger partial charge in [0.1, 0.15) is 12.2 Å². The second-order valence-corrected chi connectivity index (χ2v) is 15.0. The van der Waals surface area contributed by atoms with E-state index in [1.807, 2.05) is 0 Å². The zero-order valence-corrected chi connectivity index (χ0v) is 20.0. The van der Waals surface area contributed by atoms with E-state index in [9.17, 15) is 9.59 Å². The molecule has 0 amide bonds. The fraction of sp³-hybridized carbons (Fsp3) is 0.700. The maximum absolute atomic E-state index is 12.1. The van der Waals surface area contributed by atoms with Gasteiger partial charge in [0.05, 0.1) is 19.3 Å². The lowest BCUT2D eigenvalue weighted by Gasteiger charge is -2.53. The summed E-state index contributed by atoms with van der Waals surface area (Å²) in [6.45, 7) is 14.4. The van der Waals surface area contributed by atoms with Crippen LogP contribution in [0.4, 0.5) is 0 Å². The van der Waals surface area contributed by atoms with Gasteiger partial charge in [-0.25, -0.2) is 9.97 Å². The Morgan fingerprint density at radius 2 is 1.90 bits per heavy atom. The van der Waals surface area contributed by atoms with Crippen LogP contribution in [0.1, 0.15) is 54.7 Å². The molecule has 2 aliphatic rings. The van der Waals surface area contributed by atoms with E-state index in [0.29, 0.717) is 12.3 Å². The Hall–Kier alpha value is -2.08. The van der Waals surface area contributed by atoms with Gasteiger partial charge in [-0.05, 0) is 0 Å². The molecule has 1 N–H and O–H groups in total. The number of fused-ring (bicyclic) bond motifs is 2. The lowest BCUT2D eigenvalue weighted by atomic mass is 10.1. The van der Waals surface area contributed by atoms with Crippen LogP contribution in [0.25, 0.3) is 11.2 Å². The number of rotatable bonds is 2. The van der Waals surface area contributed by atoms with Gasteiger partial charge in [0.25, 0.3) is 5.56 Å². The fourth-order valence-corrected chi connectivity index (χ4v) is 9.87. The van der Waals surface area contributed by atoms with E-state index in [0.717, 1.165) is 0 Å². The third-order valence-corrected chi connectivity index (χ3v) is 11.1. The van der Waals surface area contributed by atoms with Crippen molar-refractivity contribution in [2.75, 3.05) is 6.61 Å². The fourth-order valence-electron chi connectivity index (χ4n) is 4.91. The standard InChI is InChI=1S/C20H30N4O6Si/c1-11(25)28-15-14-12(8-27-31(30-14,19(2,3)4)20(5,6)7)29-18(15)24-10-23-13-16(24)21-9-22-17(13)26/h9-10,12,14-15,18H,8H2,1-7H3,(H,21,22,26)/t12-,14-,15-,18?/m1/s1. The van der Waals surface area contributed by atoms with Crippen molar-refractivity contribution in [2.24, 2.45) is 0 Å². The second kappa shape index (κ2) is 7.22. The van der Waals surface area contributed by atoms with Crippen molar-refractivity contribution in [3.63, 3.8) is 0 Å². The lowest BCUT2D eigenvalue weighted by molar-refractivity contribution is -0.155. The topological polar surface area (TPSA) is 118 Å². The third kappa shape index (κ3) is 3.43. The number of carbonyl (C=O) groups excluding carboxylic acids is 1. The first-order chi connectivity index (χ1) is 14.4. The highest BCUT2D eigenvalue weighted by molar-refractivity contribution is 6.73. The summed E-state index contributed by atoms with van der Waals surface area (Å²) in [4.78, 5) is 35.0. The highest BCUT2D eigenvalue weighted by Gasteiger charge is 2.65. The quantitative estimate of drug-likeness (QED) is 0.547. The maximum atomic E-state index is 12.1. The van der Waals surface area contributed by atoms with Crippen LogP contribution in [0.3, 0.4) is 0 Å². The van der Waals surface area contributed by atoms with Crippen molar-refractivity contribution in [1.82, 2.24) is 19.5 Å². The molecule has 0 aromatic carbocycles. The van der Waals surface area contributed by atoms with E-state index < -0.39 is 39.1 Å². The van der Waals surface area contributed by atoms with E-state index in [1.165, 1.54) is 19.6 Å². The van der Waals surface area contributed by atoms with Crippen molar-refractivity contribution < 1.29 is 23.1 Å². The molecule has 31 heavy (non-hydrogen) atoms. The number of imidazole rings is 1. The SMILES string of the molecule is CC(=O)O[C@H]1C(n2cnc3c(=O)[nH]cnc32)O[C@@H]2CO[Si](C(C)(C)C)(C(C)(C)C)O[C@H]21. The van der Waals surface area contributed by atoms with Crippen LogP contribution >= 0.6 is 0 Å². The van der Waals surface area contributed by atoms with Crippen molar-refractivity contribution >= 4 is 25.7 Å². The Labute approximate surface area is 181 Å². The molecule has 2 saturated heterocycles. The molecule has 2 fully saturated rings. The van der Waals surface area contributed by atoms with E-state index in [2.05, 4.69) is 56.5 Å².